The fourth-order valence-electron chi connectivity index (χ4n) is 1.70. The van der Waals surface area contributed by atoms with Crippen LogP contribution in [0.2, 0.25) is 0 Å². The molecule has 0 aliphatic carbocycles. The van der Waals surface area contributed by atoms with Crippen LogP contribution in [0.3, 0.4) is 0 Å². The van der Waals surface area contributed by atoms with Gasteiger partial charge in [-0.15, -0.1) is 0 Å². The number of nitrogens with one attached hydrogen (secondary N) is 1. The minimum Gasteiger partial charge on any atom is -0.365 e. The van der Waals surface area contributed by atoms with Crippen molar-refractivity contribution in [1.82, 2.24) is 9.97 Å². The van der Waals surface area contributed by atoms with Crippen molar-refractivity contribution in [1.29, 1.82) is 0 Å². The predicted molar refractivity (Wildman–Crippen MR) is 68.2 cm³/mol. The van der Waals surface area contributed by atoms with Gasteiger partial charge in [0.05, 0.1) is 4.92 Å². The molecule has 0 radical (unpaired) electrons. The molecule has 0 saturated carbocycles. The Hall–Kier alpha value is -2.57. The summed E-state index contributed by atoms with van der Waals surface area (Å²) >= 11 is 0. The number of anilines is 1. The molecular weight excluding hydrogens is 251 g/mol. The standard InChI is InChI=1S/C12H11FN4O2/c1-2-14-12-11(17(18)19)10(15-7-16-12)8-4-3-5-9(13)6-8/h3-7H,2H2,1H3,(H,14,15,16). The topological polar surface area (TPSA) is 81.0 Å². The number of rotatable bonds is 4. The van der Waals surface area contributed by atoms with Gasteiger partial charge in [0.15, 0.2) is 5.69 Å². The van der Waals surface area contributed by atoms with Crippen molar-refractivity contribution in [2.24, 2.45) is 0 Å². The molecule has 0 unspecified atom stereocenters. The van der Waals surface area contributed by atoms with Gasteiger partial charge in [0.25, 0.3) is 0 Å². The molecule has 0 saturated heterocycles. The van der Waals surface area contributed by atoms with Crippen LogP contribution in [-0.4, -0.2) is 21.4 Å². The molecule has 0 atom stereocenters. The van der Waals surface area contributed by atoms with Gasteiger partial charge in [0.1, 0.15) is 12.1 Å². The van der Waals surface area contributed by atoms with Gasteiger partial charge in [-0.2, -0.15) is 0 Å². The third kappa shape index (κ3) is 2.65. The van der Waals surface area contributed by atoms with Crippen LogP contribution in [0.4, 0.5) is 15.9 Å². The highest BCUT2D eigenvalue weighted by molar-refractivity contribution is 5.76. The zero-order valence-electron chi connectivity index (χ0n) is 10.1. The first kappa shape index (κ1) is 12.9. The molecule has 7 heteroatoms. The Morgan fingerprint density at radius 1 is 1.42 bits per heavy atom. The summed E-state index contributed by atoms with van der Waals surface area (Å²) in [6.07, 6.45) is 1.21. The molecule has 1 heterocycles. The fourth-order valence-corrected chi connectivity index (χ4v) is 1.70. The van der Waals surface area contributed by atoms with Crippen molar-refractivity contribution < 1.29 is 9.31 Å². The third-order valence-corrected chi connectivity index (χ3v) is 2.45. The van der Waals surface area contributed by atoms with Crippen LogP contribution in [0, 0.1) is 15.9 Å². The van der Waals surface area contributed by atoms with E-state index in [-0.39, 0.29) is 17.2 Å². The SMILES string of the molecule is CCNc1ncnc(-c2cccc(F)c2)c1[N+](=O)[O-]. The van der Waals surface area contributed by atoms with E-state index < -0.39 is 10.7 Å². The molecule has 0 amide bonds. The summed E-state index contributed by atoms with van der Waals surface area (Å²) in [6.45, 7) is 2.29. The van der Waals surface area contributed by atoms with Crippen molar-refractivity contribution in [2.75, 3.05) is 11.9 Å². The summed E-state index contributed by atoms with van der Waals surface area (Å²) in [5.74, 6) is -0.350. The maximum atomic E-state index is 13.2. The zero-order valence-corrected chi connectivity index (χ0v) is 10.1. The molecule has 1 aromatic carbocycles. The Morgan fingerprint density at radius 3 is 2.84 bits per heavy atom. The van der Waals surface area contributed by atoms with E-state index in [4.69, 9.17) is 0 Å². The number of hydrogen-bond donors (Lipinski definition) is 1. The monoisotopic (exact) mass is 262 g/mol. The Labute approximate surface area is 108 Å². The first-order valence-corrected chi connectivity index (χ1v) is 5.62. The molecule has 19 heavy (non-hydrogen) atoms. The largest absolute Gasteiger partial charge is 0.365 e. The van der Waals surface area contributed by atoms with Crippen LogP contribution < -0.4 is 5.32 Å². The zero-order chi connectivity index (χ0) is 13.8. The quantitative estimate of drug-likeness (QED) is 0.676. The van der Waals surface area contributed by atoms with E-state index in [2.05, 4.69) is 15.3 Å². The maximum absolute atomic E-state index is 13.2. The highest BCUT2D eigenvalue weighted by atomic mass is 19.1. The van der Waals surface area contributed by atoms with Crippen molar-refractivity contribution >= 4 is 11.5 Å². The lowest BCUT2D eigenvalue weighted by atomic mass is 10.1. The molecule has 0 spiro atoms. The van der Waals surface area contributed by atoms with Crippen LogP contribution in [0.1, 0.15) is 6.92 Å². The van der Waals surface area contributed by atoms with E-state index in [1.807, 2.05) is 0 Å². The Morgan fingerprint density at radius 2 is 2.21 bits per heavy atom. The second-order valence-corrected chi connectivity index (χ2v) is 3.72. The van der Waals surface area contributed by atoms with E-state index in [0.717, 1.165) is 0 Å². The van der Waals surface area contributed by atoms with Gasteiger partial charge >= 0.3 is 5.69 Å². The number of benzene rings is 1. The lowest BCUT2D eigenvalue weighted by molar-refractivity contribution is -0.383. The fraction of sp³-hybridized carbons (Fsp3) is 0.167. The van der Waals surface area contributed by atoms with Gasteiger partial charge in [-0.05, 0) is 19.1 Å². The van der Waals surface area contributed by atoms with Gasteiger partial charge in [0.2, 0.25) is 5.82 Å². The van der Waals surface area contributed by atoms with Gasteiger partial charge in [0, 0.05) is 12.1 Å². The van der Waals surface area contributed by atoms with Crippen molar-refractivity contribution in [3.63, 3.8) is 0 Å². The lowest BCUT2D eigenvalue weighted by Crippen LogP contribution is -2.06. The molecular formula is C12H11FN4O2. The van der Waals surface area contributed by atoms with Crippen molar-refractivity contribution in [2.45, 2.75) is 6.92 Å². The summed E-state index contributed by atoms with van der Waals surface area (Å²) in [6, 6.07) is 5.50. The molecule has 0 aliphatic rings. The number of aromatic nitrogens is 2. The number of nitro groups is 1. The Bertz CT molecular complexity index is 618. The number of halogens is 1. The first-order chi connectivity index (χ1) is 9.13. The summed E-state index contributed by atoms with van der Waals surface area (Å²) < 4.78 is 13.2. The first-order valence-electron chi connectivity index (χ1n) is 5.62. The summed E-state index contributed by atoms with van der Waals surface area (Å²) in [4.78, 5) is 18.3. The predicted octanol–water partition coefficient (Wildman–Crippen LogP) is 2.62. The number of hydrogen-bond acceptors (Lipinski definition) is 5. The van der Waals surface area contributed by atoms with Gasteiger partial charge in [-0.3, -0.25) is 10.1 Å². The van der Waals surface area contributed by atoms with Crippen LogP contribution >= 0.6 is 0 Å². The number of nitrogens with zero attached hydrogens (tertiary/aromatic N) is 3. The van der Waals surface area contributed by atoms with E-state index >= 15 is 0 Å². The smallest absolute Gasteiger partial charge is 0.337 e. The van der Waals surface area contributed by atoms with Crippen molar-refractivity contribution in [3.8, 4) is 11.3 Å². The molecule has 6 nitrogen and oxygen atoms in total. The average Bonchev–Trinajstić information content (AvgIpc) is 2.38. The molecule has 0 aliphatic heterocycles. The maximum Gasteiger partial charge on any atom is 0.337 e. The van der Waals surface area contributed by atoms with E-state index in [0.29, 0.717) is 12.1 Å². The Balaban J connectivity index is 2.62. The summed E-state index contributed by atoms with van der Waals surface area (Å²) in [5, 5.41) is 14.0. The van der Waals surface area contributed by atoms with E-state index in [9.17, 15) is 14.5 Å². The highest BCUT2D eigenvalue weighted by Gasteiger charge is 2.23. The van der Waals surface area contributed by atoms with Gasteiger partial charge in [-0.25, -0.2) is 14.4 Å². The van der Waals surface area contributed by atoms with E-state index in [1.165, 1.54) is 24.5 Å². The normalized spacial score (nSPS) is 10.2. The Kier molecular flexibility index (Phi) is 3.65. The molecule has 2 aromatic rings. The minimum atomic E-state index is -0.571. The van der Waals surface area contributed by atoms with Crippen LogP contribution in [0.25, 0.3) is 11.3 Å². The van der Waals surface area contributed by atoms with Crippen LogP contribution in [-0.2, 0) is 0 Å². The highest BCUT2D eigenvalue weighted by Crippen LogP contribution is 2.32. The summed E-state index contributed by atoms with van der Waals surface area (Å²) in [7, 11) is 0. The van der Waals surface area contributed by atoms with Gasteiger partial charge < -0.3 is 5.32 Å². The molecule has 98 valence electrons. The minimum absolute atomic E-state index is 0.0930. The molecule has 2 rings (SSSR count). The van der Waals surface area contributed by atoms with Crippen LogP contribution in [0.15, 0.2) is 30.6 Å². The van der Waals surface area contributed by atoms with Gasteiger partial charge in [-0.1, -0.05) is 12.1 Å². The molecule has 0 fully saturated rings. The average molecular weight is 262 g/mol. The third-order valence-electron chi connectivity index (χ3n) is 2.45. The molecule has 1 aromatic heterocycles. The lowest BCUT2D eigenvalue weighted by Gasteiger charge is -2.07. The molecule has 1 N–H and O–H groups in total. The van der Waals surface area contributed by atoms with Crippen molar-refractivity contribution in [3.05, 3.63) is 46.5 Å². The second-order valence-electron chi connectivity index (χ2n) is 3.72. The molecule has 0 bridgehead atoms. The second kappa shape index (κ2) is 5.38. The summed E-state index contributed by atoms with van der Waals surface area (Å²) in [5.41, 5.74) is 0.179. The van der Waals surface area contributed by atoms with E-state index in [1.54, 1.807) is 13.0 Å². The van der Waals surface area contributed by atoms with Crippen LogP contribution in [0.5, 0.6) is 0 Å².